The fraction of sp³-hybridized carbons (Fsp3) is 0.458. The van der Waals surface area contributed by atoms with Crippen LogP contribution in [0.2, 0.25) is 0 Å². The van der Waals surface area contributed by atoms with Crippen molar-refractivity contribution in [3.05, 3.63) is 48.3 Å². The zero-order valence-electron chi connectivity index (χ0n) is 17.8. The first-order valence-electron chi connectivity index (χ1n) is 10.9. The Morgan fingerprint density at radius 2 is 1.77 bits per heavy atom. The summed E-state index contributed by atoms with van der Waals surface area (Å²) < 4.78 is 25.6. The van der Waals surface area contributed by atoms with E-state index in [1.807, 2.05) is 29.2 Å². The van der Waals surface area contributed by atoms with Crippen LogP contribution in [0, 0.1) is 5.82 Å². The Hall–Kier alpha value is -2.96. The van der Waals surface area contributed by atoms with Gasteiger partial charge in [-0.1, -0.05) is 0 Å². The third kappa shape index (κ3) is 5.03. The molecule has 0 radical (unpaired) electrons. The Kier molecular flexibility index (Phi) is 6.49. The summed E-state index contributed by atoms with van der Waals surface area (Å²) in [4.78, 5) is 15.3. The summed E-state index contributed by atoms with van der Waals surface area (Å²) in [5.74, 6) is 0.470. The molecule has 7 heteroatoms. The van der Waals surface area contributed by atoms with Gasteiger partial charge in [-0.25, -0.2) is 4.39 Å². The van der Waals surface area contributed by atoms with Crippen LogP contribution in [0.3, 0.4) is 0 Å². The molecule has 2 aliphatic rings. The quantitative estimate of drug-likeness (QED) is 0.709. The summed E-state index contributed by atoms with van der Waals surface area (Å²) in [6.07, 6.45) is 3.81. The highest BCUT2D eigenvalue weighted by Crippen LogP contribution is 2.31. The molecule has 0 spiro atoms. The average molecular weight is 429 g/mol. The second-order valence-electron chi connectivity index (χ2n) is 8.20. The second-order valence-corrected chi connectivity index (χ2v) is 8.20. The highest BCUT2D eigenvalue weighted by Gasteiger charge is 2.27. The minimum atomic E-state index is -0.753. The number of ether oxygens (including phenoxy) is 2. The standard InChI is InChI=1S/C24H29FN2O4/c1-30-21-8-9-22(25)23(16-21)26-13-10-20(11-14-26)31-19-6-4-17(5-7-19)27-12-2-3-18(27)15-24(28)29/h4-9,16,18,20H,2-3,10-15H2,1H3,(H,28,29)/t18-/m0/s1. The SMILES string of the molecule is COc1ccc(F)c(N2CCC(Oc3ccc(N4CCC[C@H]4CC(=O)O)cc3)CC2)c1. The van der Waals surface area contributed by atoms with Crippen LogP contribution in [-0.4, -0.2) is 50.0 Å². The van der Waals surface area contributed by atoms with Gasteiger partial charge < -0.3 is 24.4 Å². The van der Waals surface area contributed by atoms with E-state index >= 15 is 0 Å². The summed E-state index contributed by atoms with van der Waals surface area (Å²) in [6, 6.07) is 12.8. The predicted molar refractivity (Wildman–Crippen MR) is 118 cm³/mol. The Bertz CT molecular complexity index is 897. The molecule has 0 amide bonds. The Balaban J connectivity index is 1.32. The maximum atomic E-state index is 14.2. The molecule has 6 nitrogen and oxygen atoms in total. The number of hydrogen-bond donors (Lipinski definition) is 1. The van der Waals surface area contributed by atoms with E-state index in [-0.39, 0.29) is 24.4 Å². The van der Waals surface area contributed by atoms with Crippen LogP contribution in [0.15, 0.2) is 42.5 Å². The smallest absolute Gasteiger partial charge is 0.305 e. The van der Waals surface area contributed by atoms with Gasteiger partial charge in [0.15, 0.2) is 0 Å². The first-order chi connectivity index (χ1) is 15.0. The van der Waals surface area contributed by atoms with E-state index in [1.54, 1.807) is 19.2 Å². The summed E-state index contributed by atoms with van der Waals surface area (Å²) in [5.41, 5.74) is 1.61. The van der Waals surface area contributed by atoms with Crippen LogP contribution >= 0.6 is 0 Å². The summed E-state index contributed by atoms with van der Waals surface area (Å²) in [7, 11) is 1.58. The molecule has 4 rings (SSSR count). The molecule has 31 heavy (non-hydrogen) atoms. The normalized spacial score (nSPS) is 19.5. The molecule has 2 fully saturated rings. The molecule has 0 aromatic heterocycles. The molecule has 2 aromatic carbocycles. The lowest BCUT2D eigenvalue weighted by molar-refractivity contribution is -0.137. The third-order valence-electron chi connectivity index (χ3n) is 6.19. The molecule has 1 atom stereocenters. The van der Waals surface area contributed by atoms with Gasteiger partial charge in [-0.05, 0) is 49.2 Å². The van der Waals surface area contributed by atoms with Gasteiger partial charge in [-0.3, -0.25) is 4.79 Å². The molecule has 0 aliphatic carbocycles. The fourth-order valence-electron chi connectivity index (χ4n) is 4.57. The van der Waals surface area contributed by atoms with Crippen LogP contribution in [0.1, 0.15) is 32.1 Å². The van der Waals surface area contributed by atoms with Crippen LogP contribution in [0.4, 0.5) is 15.8 Å². The third-order valence-corrected chi connectivity index (χ3v) is 6.19. The number of nitrogens with zero attached hydrogens (tertiary/aromatic N) is 2. The van der Waals surface area contributed by atoms with Crippen molar-refractivity contribution in [3.8, 4) is 11.5 Å². The van der Waals surface area contributed by atoms with Crippen molar-refractivity contribution < 1.29 is 23.8 Å². The molecular formula is C24H29FN2O4. The van der Waals surface area contributed by atoms with Crippen molar-refractivity contribution in [1.29, 1.82) is 0 Å². The zero-order valence-corrected chi connectivity index (χ0v) is 17.8. The van der Waals surface area contributed by atoms with Crippen molar-refractivity contribution in [3.63, 3.8) is 0 Å². The number of rotatable bonds is 7. The highest BCUT2D eigenvalue weighted by molar-refractivity contribution is 5.69. The van der Waals surface area contributed by atoms with Gasteiger partial charge in [0.1, 0.15) is 23.4 Å². The Morgan fingerprint density at radius 3 is 2.45 bits per heavy atom. The summed E-state index contributed by atoms with van der Waals surface area (Å²) >= 11 is 0. The minimum absolute atomic E-state index is 0.0607. The van der Waals surface area contributed by atoms with Crippen molar-refractivity contribution in [2.75, 3.05) is 36.5 Å². The summed E-state index contributed by atoms with van der Waals surface area (Å²) in [6.45, 7) is 2.33. The maximum absolute atomic E-state index is 14.2. The Morgan fingerprint density at radius 1 is 1.06 bits per heavy atom. The first-order valence-corrected chi connectivity index (χ1v) is 10.9. The average Bonchev–Trinajstić information content (AvgIpc) is 3.23. The van der Waals surface area contributed by atoms with Gasteiger partial charge >= 0.3 is 5.97 Å². The van der Waals surface area contributed by atoms with Crippen molar-refractivity contribution >= 4 is 17.3 Å². The monoisotopic (exact) mass is 428 g/mol. The molecule has 2 aliphatic heterocycles. The molecular weight excluding hydrogens is 399 g/mol. The molecule has 2 aromatic rings. The van der Waals surface area contributed by atoms with E-state index in [2.05, 4.69) is 4.90 Å². The number of halogens is 1. The number of carboxylic acids is 1. The van der Waals surface area contributed by atoms with E-state index < -0.39 is 5.97 Å². The van der Waals surface area contributed by atoms with E-state index in [0.717, 1.165) is 56.8 Å². The lowest BCUT2D eigenvalue weighted by Crippen LogP contribution is -2.38. The summed E-state index contributed by atoms with van der Waals surface area (Å²) in [5, 5.41) is 9.12. The van der Waals surface area contributed by atoms with E-state index in [0.29, 0.717) is 11.4 Å². The highest BCUT2D eigenvalue weighted by atomic mass is 19.1. The molecule has 166 valence electrons. The molecule has 0 unspecified atom stereocenters. The van der Waals surface area contributed by atoms with E-state index in [9.17, 15) is 9.18 Å². The van der Waals surface area contributed by atoms with Gasteiger partial charge in [0.05, 0.1) is 19.2 Å². The van der Waals surface area contributed by atoms with Crippen molar-refractivity contribution in [2.45, 2.75) is 44.2 Å². The predicted octanol–water partition coefficient (Wildman–Crippen LogP) is 4.33. The van der Waals surface area contributed by atoms with Gasteiger partial charge in [0.2, 0.25) is 0 Å². The van der Waals surface area contributed by atoms with Gasteiger partial charge in [0, 0.05) is 50.3 Å². The number of aliphatic carboxylic acids is 1. The molecule has 2 saturated heterocycles. The van der Waals surface area contributed by atoms with Crippen LogP contribution in [0.25, 0.3) is 0 Å². The second kappa shape index (κ2) is 9.45. The van der Waals surface area contributed by atoms with Crippen LogP contribution in [-0.2, 0) is 4.79 Å². The number of carbonyl (C=O) groups is 1. The van der Waals surface area contributed by atoms with Gasteiger partial charge in [0.25, 0.3) is 0 Å². The van der Waals surface area contributed by atoms with Crippen molar-refractivity contribution in [2.24, 2.45) is 0 Å². The van der Waals surface area contributed by atoms with Gasteiger partial charge in [-0.15, -0.1) is 0 Å². The largest absolute Gasteiger partial charge is 0.497 e. The minimum Gasteiger partial charge on any atom is -0.497 e. The zero-order chi connectivity index (χ0) is 21.8. The number of carboxylic acid groups (broad SMARTS) is 1. The number of methoxy groups -OCH3 is 1. The molecule has 2 heterocycles. The topological polar surface area (TPSA) is 62.2 Å². The molecule has 1 N–H and O–H groups in total. The number of anilines is 2. The van der Waals surface area contributed by atoms with Gasteiger partial charge in [-0.2, -0.15) is 0 Å². The van der Waals surface area contributed by atoms with E-state index in [1.165, 1.54) is 6.07 Å². The fourth-order valence-corrected chi connectivity index (χ4v) is 4.57. The molecule has 0 bridgehead atoms. The van der Waals surface area contributed by atoms with Crippen molar-refractivity contribution in [1.82, 2.24) is 0 Å². The Labute approximate surface area is 182 Å². The van der Waals surface area contributed by atoms with Crippen LogP contribution < -0.4 is 19.3 Å². The van der Waals surface area contributed by atoms with E-state index in [4.69, 9.17) is 14.6 Å². The number of piperidine rings is 1. The lowest BCUT2D eigenvalue weighted by atomic mass is 10.1. The number of hydrogen-bond acceptors (Lipinski definition) is 5. The maximum Gasteiger partial charge on any atom is 0.305 e. The van der Waals surface area contributed by atoms with Crippen LogP contribution in [0.5, 0.6) is 11.5 Å². The molecule has 0 saturated carbocycles. The number of benzene rings is 2. The first kappa shape index (κ1) is 21.3. The lowest BCUT2D eigenvalue weighted by Gasteiger charge is -2.34.